The number of ketones is 1. The summed E-state index contributed by atoms with van der Waals surface area (Å²) in [7, 11) is 0. The van der Waals surface area contributed by atoms with E-state index in [9.17, 15) is 4.79 Å². The fourth-order valence-corrected chi connectivity index (χ4v) is 2.61. The summed E-state index contributed by atoms with van der Waals surface area (Å²) >= 11 is 0. The lowest BCUT2D eigenvalue weighted by molar-refractivity contribution is -0.718. The molecule has 1 aromatic rings. The van der Waals surface area contributed by atoms with Crippen molar-refractivity contribution in [2.24, 2.45) is 4.99 Å². The van der Waals surface area contributed by atoms with E-state index >= 15 is 0 Å². The number of Topliss-reactive ketones (excluding diaryl/α,β-unsaturated/α-hetero) is 1. The molecule has 0 aliphatic carbocycles. The van der Waals surface area contributed by atoms with E-state index in [1.807, 2.05) is 12.1 Å². The summed E-state index contributed by atoms with van der Waals surface area (Å²) in [5, 5.41) is 0. The summed E-state index contributed by atoms with van der Waals surface area (Å²) in [6.45, 7) is 4.02. The van der Waals surface area contributed by atoms with E-state index in [1.165, 1.54) is 11.4 Å². The van der Waals surface area contributed by atoms with Gasteiger partial charge < -0.3 is 12.4 Å². The smallest absolute Gasteiger partial charge is 0.308 e. The van der Waals surface area contributed by atoms with Gasteiger partial charge in [0, 0.05) is 26.1 Å². The predicted molar refractivity (Wildman–Crippen MR) is 66.9 cm³/mol. The van der Waals surface area contributed by atoms with Crippen molar-refractivity contribution in [3.63, 3.8) is 0 Å². The third kappa shape index (κ3) is 2.02. The minimum absolute atomic E-state index is 0. The van der Waals surface area contributed by atoms with Gasteiger partial charge in [-0.2, -0.15) is 0 Å². The number of benzene rings is 1. The first-order valence-corrected chi connectivity index (χ1v) is 6.04. The van der Waals surface area contributed by atoms with Crippen LogP contribution in [0, 0.1) is 0 Å². The van der Waals surface area contributed by atoms with Crippen LogP contribution in [0.15, 0.2) is 29.3 Å². The third-order valence-corrected chi connectivity index (χ3v) is 3.27. The molecular weight excluding hydrogens is 250 g/mol. The zero-order valence-electron chi connectivity index (χ0n) is 10.3. The molecule has 0 fully saturated rings. The summed E-state index contributed by atoms with van der Waals surface area (Å²) in [5.41, 5.74) is 2.39. The van der Waals surface area contributed by atoms with Crippen LogP contribution in [0.3, 0.4) is 0 Å². The molecule has 1 aromatic carbocycles. The average molecular weight is 266 g/mol. The van der Waals surface area contributed by atoms with E-state index in [1.54, 1.807) is 6.92 Å². The molecule has 2 heterocycles. The highest BCUT2D eigenvalue weighted by molar-refractivity contribution is 6.00. The summed E-state index contributed by atoms with van der Waals surface area (Å²) in [6.07, 6.45) is 1.09. The van der Waals surface area contributed by atoms with Crippen LogP contribution in [-0.2, 0) is 4.79 Å². The molecule has 0 spiro atoms. The Kier molecular flexibility index (Phi) is 3.68. The summed E-state index contributed by atoms with van der Waals surface area (Å²) < 4.78 is 0. The molecule has 0 radical (unpaired) electrons. The molecule has 2 aliphatic heterocycles. The Bertz CT molecular complexity index is 501. The first kappa shape index (κ1) is 13.1. The number of aliphatic imine (C=N–C) groups is 1. The minimum atomic E-state index is 0. The molecule has 3 rings (SSSR count). The number of carbonyl (C=O) groups excluding carboxylic acids is 1. The van der Waals surface area contributed by atoms with Gasteiger partial charge in [0.25, 0.3) is 0 Å². The lowest BCUT2D eigenvalue weighted by Crippen LogP contribution is -3.11. The highest BCUT2D eigenvalue weighted by atomic mass is 35.5. The molecule has 96 valence electrons. The van der Waals surface area contributed by atoms with Crippen LogP contribution in [0.5, 0.6) is 0 Å². The van der Waals surface area contributed by atoms with E-state index in [0.717, 1.165) is 30.4 Å². The fraction of sp³-hybridized carbons (Fsp3) is 0.385. The normalized spacial score (nSPS) is 20.6. The van der Waals surface area contributed by atoms with E-state index in [2.05, 4.69) is 22.0 Å². The molecule has 0 saturated heterocycles. The average Bonchev–Trinajstić information content (AvgIpc) is 2.65. The second-order valence-electron chi connectivity index (χ2n) is 4.59. The SMILES string of the molecule is CC(=O)C[NH+]1C2=NCCCN2c2ccccc21.[Cl-]. The molecule has 1 N–H and O–H groups in total. The number of rotatable bonds is 2. The largest absolute Gasteiger partial charge is 1.00 e. The molecule has 1 atom stereocenters. The Morgan fingerprint density at radius 3 is 3.00 bits per heavy atom. The molecule has 0 bridgehead atoms. The molecule has 4 nitrogen and oxygen atoms in total. The fourth-order valence-electron chi connectivity index (χ4n) is 2.61. The Hall–Kier alpha value is -1.39. The maximum Gasteiger partial charge on any atom is 0.308 e. The van der Waals surface area contributed by atoms with Gasteiger partial charge in [0.2, 0.25) is 0 Å². The molecule has 0 aromatic heterocycles. The zero-order chi connectivity index (χ0) is 11.8. The molecular formula is C13H16ClN3O. The van der Waals surface area contributed by atoms with Gasteiger partial charge in [-0.1, -0.05) is 12.1 Å². The molecule has 0 saturated carbocycles. The number of halogens is 1. The van der Waals surface area contributed by atoms with Crippen molar-refractivity contribution in [1.82, 2.24) is 0 Å². The highest BCUT2D eigenvalue weighted by Crippen LogP contribution is 2.28. The van der Waals surface area contributed by atoms with E-state index in [-0.39, 0.29) is 18.2 Å². The van der Waals surface area contributed by atoms with Crippen molar-refractivity contribution >= 4 is 23.1 Å². The number of hydrogen-bond donors (Lipinski definition) is 1. The van der Waals surface area contributed by atoms with Gasteiger partial charge in [0.15, 0.2) is 11.5 Å². The zero-order valence-corrected chi connectivity index (χ0v) is 11.1. The van der Waals surface area contributed by atoms with Crippen molar-refractivity contribution in [2.45, 2.75) is 13.3 Å². The van der Waals surface area contributed by atoms with Gasteiger partial charge in [-0.05, 0) is 12.5 Å². The lowest BCUT2D eigenvalue weighted by Gasteiger charge is -2.21. The molecule has 5 heteroatoms. The highest BCUT2D eigenvalue weighted by Gasteiger charge is 2.39. The van der Waals surface area contributed by atoms with Crippen molar-refractivity contribution in [3.8, 4) is 0 Å². The van der Waals surface area contributed by atoms with E-state index < -0.39 is 0 Å². The molecule has 0 amide bonds. The van der Waals surface area contributed by atoms with Gasteiger partial charge in [-0.15, -0.1) is 0 Å². The van der Waals surface area contributed by atoms with Gasteiger partial charge in [0.05, 0.1) is 0 Å². The maximum atomic E-state index is 11.4. The number of anilines is 1. The van der Waals surface area contributed by atoms with Crippen molar-refractivity contribution in [2.75, 3.05) is 24.5 Å². The quantitative estimate of drug-likeness (QED) is 0.636. The van der Waals surface area contributed by atoms with Crippen LogP contribution in [0.4, 0.5) is 11.4 Å². The molecule has 2 aliphatic rings. The van der Waals surface area contributed by atoms with Gasteiger partial charge >= 0.3 is 5.96 Å². The molecule has 18 heavy (non-hydrogen) atoms. The monoisotopic (exact) mass is 265 g/mol. The standard InChI is InChI=1S/C13H15N3O.ClH/c1-10(17)9-16-12-6-3-2-5-11(12)15-8-4-7-14-13(15)16;/h2-3,5-6H,4,7-9H2,1H3;1H. The van der Waals surface area contributed by atoms with Crippen LogP contribution < -0.4 is 22.2 Å². The Labute approximate surface area is 113 Å². The topological polar surface area (TPSA) is 37.1 Å². The second kappa shape index (κ2) is 5.08. The number of hydrogen-bond acceptors (Lipinski definition) is 3. The summed E-state index contributed by atoms with van der Waals surface area (Å²) in [5.74, 6) is 1.22. The third-order valence-electron chi connectivity index (χ3n) is 3.27. The van der Waals surface area contributed by atoms with Crippen LogP contribution in [0.1, 0.15) is 13.3 Å². The second-order valence-corrected chi connectivity index (χ2v) is 4.59. The maximum absolute atomic E-state index is 11.4. The number of para-hydroxylation sites is 2. The minimum Gasteiger partial charge on any atom is -1.00 e. The van der Waals surface area contributed by atoms with Gasteiger partial charge in [-0.25, -0.2) is 9.89 Å². The number of nitrogens with one attached hydrogen (secondary N) is 1. The Morgan fingerprint density at radius 2 is 2.22 bits per heavy atom. The Balaban J connectivity index is 0.00000120. The number of fused-ring (bicyclic) bond motifs is 3. The Morgan fingerprint density at radius 1 is 1.44 bits per heavy atom. The number of nitrogens with zero attached hydrogens (tertiary/aromatic N) is 2. The van der Waals surface area contributed by atoms with Crippen LogP contribution in [0.25, 0.3) is 0 Å². The van der Waals surface area contributed by atoms with Gasteiger partial charge in [-0.3, -0.25) is 9.69 Å². The number of carbonyl (C=O) groups is 1. The summed E-state index contributed by atoms with van der Waals surface area (Å²) in [4.78, 5) is 19.3. The van der Waals surface area contributed by atoms with Crippen LogP contribution in [0.2, 0.25) is 0 Å². The van der Waals surface area contributed by atoms with Gasteiger partial charge in [0.1, 0.15) is 12.2 Å². The first-order valence-electron chi connectivity index (χ1n) is 6.04. The first-order chi connectivity index (χ1) is 8.27. The van der Waals surface area contributed by atoms with Crippen molar-refractivity contribution in [3.05, 3.63) is 24.3 Å². The van der Waals surface area contributed by atoms with E-state index in [4.69, 9.17) is 0 Å². The van der Waals surface area contributed by atoms with E-state index in [0.29, 0.717) is 6.54 Å². The number of guanidine groups is 1. The van der Waals surface area contributed by atoms with Crippen LogP contribution in [-0.4, -0.2) is 31.4 Å². The lowest BCUT2D eigenvalue weighted by atomic mass is 10.2. The predicted octanol–water partition coefficient (Wildman–Crippen LogP) is -2.62. The summed E-state index contributed by atoms with van der Waals surface area (Å²) in [6, 6.07) is 8.28. The van der Waals surface area contributed by atoms with Crippen molar-refractivity contribution < 1.29 is 22.1 Å². The van der Waals surface area contributed by atoms with Crippen LogP contribution >= 0.6 is 0 Å². The molecule has 1 unspecified atom stereocenters. The number of quaternary nitrogens is 1. The van der Waals surface area contributed by atoms with Crippen molar-refractivity contribution in [1.29, 1.82) is 0 Å².